The van der Waals surface area contributed by atoms with Crippen LogP contribution in [0.3, 0.4) is 0 Å². The number of fused-ring (bicyclic) bond motifs is 1. The normalized spacial score (nSPS) is 30.0. The van der Waals surface area contributed by atoms with Gasteiger partial charge in [0.05, 0.1) is 25.0 Å². The molecule has 5 rings (SSSR count). The minimum absolute atomic E-state index is 0.0846. The van der Waals surface area contributed by atoms with Crippen molar-refractivity contribution in [3.8, 4) is 34.3 Å². The Labute approximate surface area is 297 Å². The Morgan fingerprint density at radius 2 is 1.47 bits per heavy atom. The third kappa shape index (κ3) is 8.63. The molecule has 20 nitrogen and oxygen atoms in total. The molecular weight excluding hydrogens is 716 g/mol. The number of aromatic hydroxyl groups is 3. The van der Waals surface area contributed by atoms with Gasteiger partial charge in [-0.05, 0) is 31.2 Å². The minimum Gasteiger partial charge on any atom is -0.508 e. The average molecular weight is 755 g/mol. The van der Waals surface area contributed by atoms with Crippen molar-refractivity contribution in [3.63, 3.8) is 0 Å². The third-order valence-electron chi connectivity index (χ3n) is 8.53. The number of benzene rings is 2. The Hall–Kier alpha value is -4.61. The molecule has 0 saturated carbocycles. The van der Waals surface area contributed by atoms with Gasteiger partial charge in [0.2, 0.25) is 17.5 Å². The summed E-state index contributed by atoms with van der Waals surface area (Å²) in [7, 11) is 0. The SMILES string of the molecule is CC(O)(CC(=O)O)CC(=O)OC[C@H]1O[C@@H](Oc2c(-c3ccc(O)cc3)oc3cc(O)cc(O)c3c2=O)[C@H](O[C@@H]2O[C@H](CO)[C@@H](O)[C@H](O)[C@H]2O)[C@@H](O)[C@@H]1O. The highest BCUT2D eigenvalue weighted by molar-refractivity contribution is 5.88. The Bertz CT molecular complexity index is 1840. The van der Waals surface area contributed by atoms with E-state index >= 15 is 0 Å². The zero-order valence-electron chi connectivity index (χ0n) is 27.7. The molecule has 3 aromatic rings. The molecule has 2 aromatic carbocycles. The number of aliphatic carboxylic acids is 1. The van der Waals surface area contributed by atoms with Crippen molar-refractivity contribution in [2.45, 2.75) is 86.8 Å². The van der Waals surface area contributed by atoms with E-state index in [1.165, 1.54) is 24.3 Å². The largest absolute Gasteiger partial charge is 0.508 e. The van der Waals surface area contributed by atoms with Gasteiger partial charge in [-0.3, -0.25) is 14.4 Å². The van der Waals surface area contributed by atoms with Gasteiger partial charge in [-0.25, -0.2) is 0 Å². The molecule has 20 heteroatoms. The van der Waals surface area contributed by atoms with Crippen LogP contribution in [0.1, 0.15) is 19.8 Å². The fourth-order valence-corrected chi connectivity index (χ4v) is 5.84. The number of ether oxygens (including phenoxy) is 5. The number of aliphatic hydroxyl groups is 7. The maximum absolute atomic E-state index is 14.0. The van der Waals surface area contributed by atoms with Gasteiger partial charge in [0, 0.05) is 17.7 Å². The van der Waals surface area contributed by atoms with Crippen LogP contribution in [0.5, 0.6) is 23.0 Å². The summed E-state index contributed by atoms with van der Waals surface area (Å²) in [5, 5.41) is 112. The number of hydrogen-bond donors (Lipinski definition) is 11. The van der Waals surface area contributed by atoms with E-state index in [0.29, 0.717) is 0 Å². The number of carbonyl (C=O) groups is 2. The lowest BCUT2D eigenvalue weighted by atomic mass is 9.97. The molecular formula is C33H38O20. The highest BCUT2D eigenvalue weighted by atomic mass is 16.8. The highest BCUT2D eigenvalue weighted by Crippen LogP contribution is 2.38. The molecule has 3 heterocycles. The lowest BCUT2D eigenvalue weighted by Crippen LogP contribution is -2.65. The summed E-state index contributed by atoms with van der Waals surface area (Å²) >= 11 is 0. The number of rotatable bonds is 12. The summed E-state index contributed by atoms with van der Waals surface area (Å²) in [4.78, 5) is 37.5. The van der Waals surface area contributed by atoms with Crippen LogP contribution >= 0.6 is 0 Å². The molecule has 1 aromatic heterocycles. The van der Waals surface area contributed by atoms with Crippen LogP contribution in [-0.4, -0.2) is 148 Å². The second-order valence-corrected chi connectivity index (χ2v) is 12.8. The van der Waals surface area contributed by atoms with Gasteiger partial charge in [-0.15, -0.1) is 0 Å². The van der Waals surface area contributed by atoms with Crippen LogP contribution in [-0.2, 0) is 28.5 Å². The summed E-state index contributed by atoms with van der Waals surface area (Å²) < 4.78 is 33.8. The van der Waals surface area contributed by atoms with E-state index in [9.17, 15) is 65.4 Å². The zero-order valence-corrected chi connectivity index (χ0v) is 27.7. The number of phenols is 3. The Balaban J connectivity index is 1.54. The van der Waals surface area contributed by atoms with E-state index in [1.54, 1.807) is 0 Å². The van der Waals surface area contributed by atoms with E-state index in [1.807, 2.05) is 0 Å². The summed E-state index contributed by atoms with van der Waals surface area (Å²) in [6.45, 7) is -0.649. The van der Waals surface area contributed by atoms with Crippen LogP contribution in [0.4, 0.5) is 0 Å². The van der Waals surface area contributed by atoms with Gasteiger partial charge in [-0.1, -0.05) is 0 Å². The average Bonchev–Trinajstić information content (AvgIpc) is 3.07. The van der Waals surface area contributed by atoms with Gasteiger partial charge in [-0.2, -0.15) is 0 Å². The van der Waals surface area contributed by atoms with E-state index in [0.717, 1.165) is 19.1 Å². The molecule has 11 atom stereocenters. The van der Waals surface area contributed by atoms with Crippen LogP contribution in [0.2, 0.25) is 0 Å². The predicted octanol–water partition coefficient (Wildman–Crippen LogP) is -2.25. The van der Waals surface area contributed by atoms with Crippen molar-refractivity contribution in [2.75, 3.05) is 13.2 Å². The first-order valence-electron chi connectivity index (χ1n) is 16.0. The number of hydrogen-bond acceptors (Lipinski definition) is 19. The van der Waals surface area contributed by atoms with E-state index in [4.69, 9.17) is 33.2 Å². The first-order chi connectivity index (χ1) is 24.9. The maximum atomic E-state index is 14.0. The Morgan fingerprint density at radius 1 is 0.830 bits per heavy atom. The van der Waals surface area contributed by atoms with Crippen LogP contribution < -0.4 is 10.2 Å². The van der Waals surface area contributed by atoms with Gasteiger partial charge in [0.15, 0.2) is 18.2 Å². The fraction of sp³-hybridized carbons (Fsp3) is 0.485. The molecule has 53 heavy (non-hydrogen) atoms. The smallest absolute Gasteiger partial charge is 0.308 e. The number of esters is 1. The molecule has 2 aliphatic heterocycles. The van der Waals surface area contributed by atoms with E-state index in [2.05, 4.69) is 0 Å². The van der Waals surface area contributed by atoms with Crippen molar-refractivity contribution in [3.05, 3.63) is 46.6 Å². The zero-order chi connectivity index (χ0) is 38.9. The molecule has 2 fully saturated rings. The van der Waals surface area contributed by atoms with Crippen molar-refractivity contribution < 1.29 is 93.9 Å². The van der Waals surface area contributed by atoms with Gasteiger partial charge >= 0.3 is 11.9 Å². The van der Waals surface area contributed by atoms with Gasteiger partial charge in [0.25, 0.3) is 0 Å². The van der Waals surface area contributed by atoms with Crippen molar-refractivity contribution in [1.82, 2.24) is 0 Å². The number of carboxylic acids is 1. The minimum atomic E-state index is -2.12. The molecule has 11 N–H and O–H groups in total. The molecule has 2 saturated heterocycles. The molecule has 2 aliphatic rings. The van der Waals surface area contributed by atoms with Gasteiger partial charge in [0.1, 0.15) is 77.6 Å². The Morgan fingerprint density at radius 3 is 2.11 bits per heavy atom. The third-order valence-corrected chi connectivity index (χ3v) is 8.53. The second-order valence-electron chi connectivity index (χ2n) is 12.8. The van der Waals surface area contributed by atoms with E-state index in [-0.39, 0.29) is 22.7 Å². The standard InChI is InChI=1S/C33H38O20/c1-33(47,8-19(38)39)9-20(40)48-11-18-23(42)26(45)30(53-31-27(46)25(44)22(41)17(10-34)50-31)32(51-18)52-29-24(43)21-15(37)6-14(36)7-16(21)49-28(29)12-2-4-13(35)5-3-12/h2-7,17-18,22-23,25-27,30-32,34-37,41-42,44-47H,8-11H2,1H3,(H,38,39)/t17-,18-,22-,23-,25+,26+,27-,30-,31+,32+,33?/m1/s1. The number of carboxylic acid groups (broad SMARTS) is 1. The number of aliphatic hydroxyl groups excluding tert-OH is 6. The van der Waals surface area contributed by atoms with Gasteiger partial charge < -0.3 is 84.3 Å². The monoisotopic (exact) mass is 754 g/mol. The van der Waals surface area contributed by atoms with Crippen LogP contribution in [0, 0.1) is 0 Å². The highest BCUT2D eigenvalue weighted by Gasteiger charge is 2.52. The summed E-state index contributed by atoms with van der Waals surface area (Å²) in [5.41, 5.74) is -3.34. The summed E-state index contributed by atoms with van der Waals surface area (Å²) in [5.74, 6) is -5.07. The lowest BCUT2D eigenvalue weighted by molar-refractivity contribution is -0.358. The quantitative estimate of drug-likeness (QED) is 0.0870. The summed E-state index contributed by atoms with van der Waals surface area (Å²) in [6.07, 6.45) is -20.7. The van der Waals surface area contributed by atoms with Crippen molar-refractivity contribution in [1.29, 1.82) is 0 Å². The van der Waals surface area contributed by atoms with Crippen LogP contribution in [0.25, 0.3) is 22.3 Å². The topological polar surface area (TPSA) is 333 Å². The predicted molar refractivity (Wildman–Crippen MR) is 171 cm³/mol. The second kappa shape index (κ2) is 15.8. The molecule has 1 unspecified atom stereocenters. The summed E-state index contributed by atoms with van der Waals surface area (Å²) in [6, 6.07) is 6.92. The van der Waals surface area contributed by atoms with E-state index < -0.39 is 133 Å². The first-order valence-corrected chi connectivity index (χ1v) is 16.0. The molecule has 0 aliphatic carbocycles. The van der Waals surface area contributed by atoms with Crippen molar-refractivity contribution >= 4 is 22.9 Å². The Kier molecular flexibility index (Phi) is 11.8. The van der Waals surface area contributed by atoms with Crippen LogP contribution in [0.15, 0.2) is 45.6 Å². The molecule has 0 spiro atoms. The molecule has 0 radical (unpaired) electrons. The maximum Gasteiger partial charge on any atom is 0.308 e. The molecule has 290 valence electrons. The molecule has 0 amide bonds. The molecule has 0 bridgehead atoms. The lowest BCUT2D eigenvalue weighted by Gasteiger charge is -2.45. The number of phenolic OH excluding ortho intramolecular Hbond substituents is 3. The number of carbonyl (C=O) groups excluding carboxylic acids is 1. The van der Waals surface area contributed by atoms with Crippen molar-refractivity contribution in [2.24, 2.45) is 0 Å². The fourth-order valence-electron chi connectivity index (χ4n) is 5.84. The first kappa shape index (κ1) is 39.6.